The fourth-order valence-corrected chi connectivity index (χ4v) is 2.33. The van der Waals surface area contributed by atoms with Gasteiger partial charge in [-0.15, -0.1) is 0 Å². The number of carbonyl (C=O) groups excluding carboxylic acids is 1. The Morgan fingerprint density at radius 2 is 1.96 bits per heavy atom. The number of non-ortho nitro benzene ring substituents is 1. The summed E-state index contributed by atoms with van der Waals surface area (Å²) in [7, 11) is 1.32. The van der Waals surface area contributed by atoms with Crippen molar-refractivity contribution in [3.63, 3.8) is 0 Å². The van der Waals surface area contributed by atoms with Gasteiger partial charge in [0.25, 0.3) is 5.69 Å². The molecule has 25 heavy (non-hydrogen) atoms. The number of aromatic nitrogens is 2. The lowest BCUT2D eigenvalue weighted by Crippen LogP contribution is -2.20. The Kier molecular flexibility index (Phi) is 4.96. The average molecular weight is 349 g/mol. The number of nitro benzene ring substituents is 1. The summed E-state index contributed by atoms with van der Waals surface area (Å²) in [6.45, 7) is 2.73. The van der Waals surface area contributed by atoms with Crippen molar-refractivity contribution in [2.24, 2.45) is 0 Å². The van der Waals surface area contributed by atoms with E-state index in [4.69, 9.17) is 4.74 Å². The zero-order valence-electron chi connectivity index (χ0n) is 13.7. The first-order chi connectivity index (χ1) is 11.7. The summed E-state index contributed by atoms with van der Waals surface area (Å²) in [6, 6.07) is 3.76. The second-order valence-electron chi connectivity index (χ2n) is 5.12. The van der Waals surface area contributed by atoms with Gasteiger partial charge in [0.2, 0.25) is 5.91 Å². The Bertz CT molecular complexity index is 860. The summed E-state index contributed by atoms with van der Waals surface area (Å²) in [5, 5.41) is 28.3. The molecule has 1 aromatic heterocycles. The number of hydrogen-bond acceptors (Lipinski definition) is 7. The van der Waals surface area contributed by atoms with Crippen LogP contribution >= 0.6 is 0 Å². The lowest BCUT2D eigenvalue weighted by Gasteiger charge is -2.10. The molecule has 0 atom stereocenters. The number of ether oxygens (including phenoxy) is 1. The van der Waals surface area contributed by atoms with E-state index in [0.29, 0.717) is 0 Å². The molecule has 1 heterocycles. The molecule has 0 aliphatic rings. The SMILES string of the molecule is COc1cc([N+](=O)[O-])ccc1NC(=O)Cn1nc(C)c([N+](=O)[O-])c1C. The summed E-state index contributed by atoms with van der Waals surface area (Å²) in [5.74, 6) is -0.380. The van der Waals surface area contributed by atoms with Crippen LogP contribution in [-0.4, -0.2) is 32.6 Å². The molecule has 1 amide bonds. The standard InChI is InChI=1S/C14H15N5O6/c1-8-14(19(23)24)9(2)17(16-8)7-13(20)15-11-5-4-10(18(21)22)6-12(11)25-3/h4-6H,7H2,1-3H3,(H,15,20). The van der Waals surface area contributed by atoms with Gasteiger partial charge in [-0.3, -0.25) is 29.7 Å². The zero-order chi connectivity index (χ0) is 18.7. The topological polar surface area (TPSA) is 142 Å². The smallest absolute Gasteiger partial charge is 0.312 e. The third-order valence-corrected chi connectivity index (χ3v) is 3.49. The van der Waals surface area contributed by atoms with Crippen LogP contribution < -0.4 is 10.1 Å². The van der Waals surface area contributed by atoms with Gasteiger partial charge in [0.15, 0.2) is 0 Å². The lowest BCUT2D eigenvalue weighted by atomic mass is 10.2. The lowest BCUT2D eigenvalue weighted by molar-refractivity contribution is -0.386. The molecule has 0 saturated carbocycles. The molecule has 0 spiro atoms. The molecule has 0 fully saturated rings. The summed E-state index contributed by atoms with van der Waals surface area (Å²) in [4.78, 5) is 32.8. The van der Waals surface area contributed by atoms with Gasteiger partial charge in [0, 0.05) is 6.07 Å². The number of methoxy groups -OCH3 is 1. The van der Waals surface area contributed by atoms with E-state index in [0.717, 1.165) is 0 Å². The van der Waals surface area contributed by atoms with Gasteiger partial charge in [-0.05, 0) is 19.9 Å². The van der Waals surface area contributed by atoms with Gasteiger partial charge in [0.05, 0.1) is 28.7 Å². The number of amides is 1. The number of hydrogen-bond donors (Lipinski definition) is 1. The Morgan fingerprint density at radius 1 is 1.28 bits per heavy atom. The van der Waals surface area contributed by atoms with E-state index in [2.05, 4.69) is 10.4 Å². The van der Waals surface area contributed by atoms with Crippen molar-refractivity contribution in [1.82, 2.24) is 9.78 Å². The quantitative estimate of drug-likeness (QED) is 0.620. The summed E-state index contributed by atoms with van der Waals surface area (Å²) in [6.07, 6.45) is 0. The number of nitrogens with one attached hydrogen (secondary N) is 1. The molecule has 2 aromatic rings. The van der Waals surface area contributed by atoms with Crippen molar-refractivity contribution in [3.05, 3.63) is 49.8 Å². The Labute approximate surface area is 141 Å². The van der Waals surface area contributed by atoms with Crippen LogP contribution in [0.2, 0.25) is 0 Å². The molecule has 0 aliphatic carbocycles. The van der Waals surface area contributed by atoms with Crippen LogP contribution in [0.5, 0.6) is 5.75 Å². The van der Waals surface area contributed by atoms with Gasteiger partial charge in [-0.1, -0.05) is 0 Å². The minimum atomic E-state index is -0.580. The molecule has 0 aliphatic heterocycles. The van der Waals surface area contributed by atoms with Crippen LogP contribution in [-0.2, 0) is 11.3 Å². The van der Waals surface area contributed by atoms with Crippen molar-refractivity contribution in [3.8, 4) is 5.75 Å². The van der Waals surface area contributed by atoms with Crippen molar-refractivity contribution in [2.45, 2.75) is 20.4 Å². The second-order valence-corrected chi connectivity index (χ2v) is 5.12. The minimum absolute atomic E-state index is 0.127. The highest BCUT2D eigenvalue weighted by Gasteiger charge is 2.23. The molecule has 0 unspecified atom stereocenters. The van der Waals surface area contributed by atoms with Crippen molar-refractivity contribution in [1.29, 1.82) is 0 Å². The number of aryl methyl sites for hydroxylation is 1. The molecular formula is C14H15N5O6. The molecule has 1 N–H and O–H groups in total. The highest BCUT2D eigenvalue weighted by molar-refractivity contribution is 5.92. The normalized spacial score (nSPS) is 10.4. The number of benzene rings is 1. The fourth-order valence-electron chi connectivity index (χ4n) is 2.33. The van der Waals surface area contributed by atoms with Crippen molar-refractivity contribution in [2.75, 3.05) is 12.4 Å². The van der Waals surface area contributed by atoms with E-state index >= 15 is 0 Å². The number of carbonyl (C=O) groups is 1. The summed E-state index contributed by atoms with van der Waals surface area (Å²) >= 11 is 0. The van der Waals surface area contributed by atoms with Gasteiger partial charge >= 0.3 is 5.69 Å². The van der Waals surface area contributed by atoms with Crippen LogP contribution in [0.1, 0.15) is 11.4 Å². The largest absolute Gasteiger partial charge is 0.494 e. The summed E-state index contributed by atoms with van der Waals surface area (Å²) in [5.41, 5.74) is 0.399. The monoisotopic (exact) mass is 349 g/mol. The van der Waals surface area contributed by atoms with E-state index in [9.17, 15) is 25.0 Å². The maximum atomic E-state index is 12.2. The van der Waals surface area contributed by atoms with Gasteiger partial charge in [-0.2, -0.15) is 5.10 Å². The van der Waals surface area contributed by atoms with E-state index in [1.807, 2.05) is 0 Å². The minimum Gasteiger partial charge on any atom is -0.494 e. The van der Waals surface area contributed by atoms with Crippen LogP contribution in [0.4, 0.5) is 17.1 Å². The first-order valence-electron chi connectivity index (χ1n) is 7.05. The Balaban J connectivity index is 2.20. The zero-order valence-corrected chi connectivity index (χ0v) is 13.7. The number of anilines is 1. The van der Waals surface area contributed by atoms with Crippen LogP contribution in [0.3, 0.4) is 0 Å². The predicted octanol–water partition coefficient (Wildman–Crippen LogP) is 1.96. The van der Waals surface area contributed by atoms with Crippen molar-refractivity contribution >= 4 is 23.0 Å². The maximum absolute atomic E-state index is 12.2. The van der Waals surface area contributed by atoms with E-state index in [1.54, 1.807) is 0 Å². The first-order valence-corrected chi connectivity index (χ1v) is 7.05. The number of rotatable bonds is 6. The third kappa shape index (κ3) is 3.71. The number of nitrogens with zero attached hydrogens (tertiary/aromatic N) is 4. The third-order valence-electron chi connectivity index (χ3n) is 3.49. The highest BCUT2D eigenvalue weighted by atomic mass is 16.6. The molecular weight excluding hydrogens is 334 g/mol. The van der Waals surface area contributed by atoms with Crippen LogP contribution in [0.25, 0.3) is 0 Å². The van der Waals surface area contributed by atoms with Crippen LogP contribution in [0.15, 0.2) is 18.2 Å². The molecule has 0 bridgehead atoms. The van der Waals surface area contributed by atoms with E-state index in [-0.39, 0.29) is 40.7 Å². The second kappa shape index (κ2) is 6.95. The van der Waals surface area contributed by atoms with E-state index in [1.165, 1.54) is 43.8 Å². The average Bonchev–Trinajstić information content (AvgIpc) is 2.81. The van der Waals surface area contributed by atoms with Crippen LogP contribution in [0, 0.1) is 34.1 Å². The number of nitro groups is 2. The van der Waals surface area contributed by atoms with Gasteiger partial charge in [-0.25, -0.2) is 0 Å². The molecule has 132 valence electrons. The molecule has 11 nitrogen and oxygen atoms in total. The molecule has 0 saturated heterocycles. The molecule has 1 aromatic carbocycles. The van der Waals surface area contributed by atoms with Crippen molar-refractivity contribution < 1.29 is 19.4 Å². The Morgan fingerprint density at radius 3 is 2.48 bits per heavy atom. The summed E-state index contributed by atoms with van der Waals surface area (Å²) < 4.78 is 6.26. The Hall–Kier alpha value is -3.50. The van der Waals surface area contributed by atoms with Gasteiger partial charge in [0.1, 0.15) is 23.7 Å². The maximum Gasteiger partial charge on any atom is 0.312 e. The highest BCUT2D eigenvalue weighted by Crippen LogP contribution is 2.29. The molecule has 2 rings (SSSR count). The molecule has 0 radical (unpaired) electrons. The first kappa shape index (κ1) is 17.8. The fraction of sp³-hybridized carbons (Fsp3) is 0.286. The predicted molar refractivity (Wildman–Crippen MR) is 86.6 cm³/mol. The molecule has 11 heteroatoms. The van der Waals surface area contributed by atoms with Gasteiger partial charge < -0.3 is 10.1 Å². The van der Waals surface area contributed by atoms with E-state index < -0.39 is 15.8 Å².